The smallest absolute Gasteiger partial charge is 0.129 e. The van der Waals surface area contributed by atoms with E-state index in [0.717, 1.165) is 19.7 Å². The van der Waals surface area contributed by atoms with Gasteiger partial charge in [-0.2, -0.15) is 0 Å². The summed E-state index contributed by atoms with van der Waals surface area (Å²) in [6, 6.07) is 10.4. The number of morpholine rings is 1. The fourth-order valence-corrected chi connectivity index (χ4v) is 2.02. The minimum Gasteiger partial charge on any atom is -0.366 e. The molecule has 0 spiro atoms. The minimum atomic E-state index is 0.168. The number of hydrogen-bond acceptors (Lipinski definition) is 2. The van der Waals surface area contributed by atoms with Crippen LogP contribution in [0.25, 0.3) is 0 Å². The largest absolute Gasteiger partial charge is 0.366 e. The average molecular weight is 242 g/mol. The number of benzene rings is 1. The Kier molecular flexibility index (Phi) is 2.86. The molecule has 1 unspecified atom stereocenters. The Morgan fingerprint density at radius 2 is 2.08 bits per heavy atom. The van der Waals surface area contributed by atoms with Crippen LogP contribution in [0.2, 0.25) is 0 Å². The van der Waals surface area contributed by atoms with Gasteiger partial charge in [0.1, 0.15) is 5.01 Å². The van der Waals surface area contributed by atoms with Gasteiger partial charge in [-0.05, 0) is 12.1 Å². The zero-order valence-corrected chi connectivity index (χ0v) is 8.90. The molecule has 0 radical (unpaired) electrons. The summed E-state index contributed by atoms with van der Waals surface area (Å²) >= 11 is 3.46. The maximum Gasteiger partial charge on any atom is 0.129 e. The highest BCUT2D eigenvalue weighted by molar-refractivity contribution is 9.09. The van der Waals surface area contributed by atoms with Crippen LogP contribution in [0.4, 0.5) is 5.69 Å². The first kappa shape index (κ1) is 9.03. The van der Waals surface area contributed by atoms with Gasteiger partial charge in [-0.15, -0.1) is 0 Å². The molecule has 1 aromatic rings. The molecule has 13 heavy (non-hydrogen) atoms. The third-order valence-corrected chi connectivity index (χ3v) is 2.70. The first-order chi connectivity index (χ1) is 6.36. The first-order valence-corrected chi connectivity index (χ1v) is 5.33. The highest BCUT2D eigenvalue weighted by Gasteiger charge is 2.17. The minimum absolute atomic E-state index is 0.168. The summed E-state index contributed by atoms with van der Waals surface area (Å²) in [7, 11) is 0. The summed E-state index contributed by atoms with van der Waals surface area (Å²) in [5.74, 6) is 0. The van der Waals surface area contributed by atoms with E-state index < -0.39 is 0 Å². The predicted molar refractivity (Wildman–Crippen MR) is 57.3 cm³/mol. The number of rotatable bonds is 1. The van der Waals surface area contributed by atoms with Gasteiger partial charge in [0.05, 0.1) is 13.2 Å². The van der Waals surface area contributed by atoms with Gasteiger partial charge in [0, 0.05) is 12.2 Å². The molecule has 0 aliphatic carbocycles. The van der Waals surface area contributed by atoms with E-state index in [-0.39, 0.29) is 5.01 Å². The summed E-state index contributed by atoms with van der Waals surface area (Å²) in [4.78, 5) is 2.32. The van der Waals surface area contributed by atoms with Crippen LogP contribution in [0, 0.1) is 0 Å². The van der Waals surface area contributed by atoms with Gasteiger partial charge in [-0.3, -0.25) is 0 Å². The first-order valence-electron chi connectivity index (χ1n) is 4.42. The van der Waals surface area contributed by atoms with Gasteiger partial charge < -0.3 is 9.64 Å². The summed E-state index contributed by atoms with van der Waals surface area (Å²) in [5.41, 5.74) is 1.27. The van der Waals surface area contributed by atoms with Gasteiger partial charge in [0.2, 0.25) is 0 Å². The SMILES string of the molecule is BrC1CN(c2ccccc2)CCO1. The van der Waals surface area contributed by atoms with Crippen molar-refractivity contribution in [3.8, 4) is 0 Å². The molecule has 0 N–H and O–H groups in total. The highest BCUT2D eigenvalue weighted by atomic mass is 79.9. The van der Waals surface area contributed by atoms with E-state index in [1.54, 1.807) is 0 Å². The second-order valence-electron chi connectivity index (χ2n) is 3.06. The lowest BCUT2D eigenvalue weighted by Crippen LogP contribution is -2.39. The Morgan fingerprint density at radius 1 is 1.31 bits per heavy atom. The molecular weight excluding hydrogens is 230 g/mol. The van der Waals surface area contributed by atoms with Crippen molar-refractivity contribution in [1.82, 2.24) is 0 Å². The molecule has 1 aromatic carbocycles. The molecule has 0 bridgehead atoms. The molecule has 2 nitrogen and oxygen atoms in total. The molecule has 1 aliphatic heterocycles. The maximum absolute atomic E-state index is 5.40. The van der Waals surface area contributed by atoms with Gasteiger partial charge in [-0.1, -0.05) is 34.1 Å². The van der Waals surface area contributed by atoms with Crippen molar-refractivity contribution >= 4 is 21.6 Å². The molecular formula is C10H12BrNO. The van der Waals surface area contributed by atoms with E-state index in [0.29, 0.717) is 0 Å². The number of alkyl halides is 1. The summed E-state index contributed by atoms with van der Waals surface area (Å²) < 4.78 is 5.40. The van der Waals surface area contributed by atoms with Crippen LogP contribution < -0.4 is 4.90 Å². The fraction of sp³-hybridized carbons (Fsp3) is 0.400. The van der Waals surface area contributed by atoms with E-state index in [9.17, 15) is 0 Å². The van der Waals surface area contributed by atoms with Crippen molar-refractivity contribution in [2.45, 2.75) is 5.01 Å². The molecule has 2 rings (SSSR count). The van der Waals surface area contributed by atoms with Crippen molar-refractivity contribution in [3.63, 3.8) is 0 Å². The van der Waals surface area contributed by atoms with Crippen LogP contribution in [-0.4, -0.2) is 24.7 Å². The van der Waals surface area contributed by atoms with E-state index in [1.165, 1.54) is 5.69 Å². The lowest BCUT2D eigenvalue weighted by Gasteiger charge is -2.31. The van der Waals surface area contributed by atoms with Gasteiger partial charge in [-0.25, -0.2) is 0 Å². The van der Waals surface area contributed by atoms with Crippen molar-refractivity contribution in [3.05, 3.63) is 30.3 Å². The second kappa shape index (κ2) is 4.11. The summed E-state index contributed by atoms with van der Waals surface area (Å²) in [6.45, 7) is 2.70. The third kappa shape index (κ3) is 2.23. The number of para-hydroxylation sites is 1. The molecule has 1 heterocycles. The number of halogens is 1. The number of anilines is 1. The number of nitrogens with zero attached hydrogens (tertiary/aromatic N) is 1. The second-order valence-corrected chi connectivity index (χ2v) is 4.08. The Balaban J connectivity index is 2.08. The van der Waals surface area contributed by atoms with Crippen LogP contribution in [0.1, 0.15) is 0 Å². The lowest BCUT2D eigenvalue weighted by molar-refractivity contribution is 0.103. The van der Waals surface area contributed by atoms with Gasteiger partial charge in [0.15, 0.2) is 0 Å². The molecule has 0 aromatic heterocycles. The summed E-state index contributed by atoms with van der Waals surface area (Å²) in [5, 5.41) is 0.168. The van der Waals surface area contributed by atoms with Crippen molar-refractivity contribution < 1.29 is 4.74 Å². The Bertz CT molecular complexity index is 265. The molecule has 1 atom stereocenters. The molecule has 3 heteroatoms. The zero-order chi connectivity index (χ0) is 9.10. The van der Waals surface area contributed by atoms with Crippen LogP contribution >= 0.6 is 15.9 Å². The predicted octanol–water partition coefficient (Wildman–Crippen LogP) is 2.24. The highest BCUT2D eigenvalue weighted by Crippen LogP contribution is 2.18. The van der Waals surface area contributed by atoms with E-state index in [2.05, 4.69) is 45.1 Å². The van der Waals surface area contributed by atoms with Gasteiger partial charge in [0.25, 0.3) is 0 Å². The Morgan fingerprint density at radius 3 is 2.77 bits per heavy atom. The summed E-state index contributed by atoms with van der Waals surface area (Å²) in [6.07, 6.45) is 0. The Hall–Kier alpha value is -0.540. The van der Waals surface area contributed by atoms with Crippen LogP contribution in [0.3, 0.4) is 0 Å². The van der Waals surface area contributed by atoms with Crippen LogP contribution in [0.5, 0.6) is 0 Å². The van der Waals surface area contributed by atoms with Crippen LogP contribution in [-0.2, 0) is 4.74 Å². The molecule has 0 saturated carbocycles. The van der Waals surface area contributed by atoms with Crippen LogP contribution in [0.15, 0.2) is 30.3 Å². The third-order valence-electron chi connectivity index (χ3n) is 2.15. The van der Waals surface area contributed by atoms with E-state index in [4.69, 9.17) is 4.74 Å². The normalized spacial score (nSPS) is 23.2. The quantitative estimate of drug-likeness (QED) is 0.700. The molecule has 70 valence electrons. The average Bonchev–Trinajstić information content (AvgIpc) is 2.19. The maximum atomic E-state index is 5.40. The lowest BCUT2D eigenvalue weighted by atomic mass is 10.3. The molecule has 1 aliphatic rings. The number of ether oxygens (including phenoxy) is 1. The standard InChI is InChI=1S/C10H12BrNO/c11-10-8-12(6-7-13-10)9-4-2-1-3-5-9/h1-5,10H,6-8H2. The molecule has 0 amide bonds. The zero-order valence-electron chi connectivity index (χ0n) is 7.32. The number of hydrogen-bond donors (Lipinski definition) is 0. The van der Waals surface area contributed by atoms with Crippen molar-refractivity contribution in [2.24, 2.45) is 0 Å². The monoisotopic (exact) mass is 241 g/mol. The fourth-order valence-electron chi connectivity index (χ4n) is 1.48. The van der Waals surface area contributed by atoms with E-state index >= 15 is 0 Å². The Labute approximate surface area is 86.6 Å². The topological polar surface area (TPSA) is 12.5 Å². The van der Waals surface area contributed by atoms with E-state index in [1.807, 2.05) is 6.07 Å². The molecule has 1 saturated heterocycles. The van der Waals surface area contributed by atoms with Crippen molar-refractivity contribution in [2.75, 3.05) is 24.6 Å². The van der Waals surface area contributed by atoms with Gasteiger partial charge >= 0.3 is 0 Å². The molecule has 1 fully saturated rings. The van der Waals surface area contributed by atoms with Crippen molar-refractivity contribution in [1.29, 1.82) is 0 Å².